The normalized spacial score (nSPS) is 11.2. The second kappa shape index (κ2) is 6.90. The number of non-ortho nitro benzene ring substituents is 1. The highest BCUT2D eigenvalue weighted by molar-refractivity contribution is 6.03. The number of aromatic nitrogens is 2. The lowest BCUT2D eigenvalue weighted by molar-refractivity contribution is -0.384. The Morgan fingerprint density at radius 2 is 1.81 bits per heavy atom. The zero-order valence-electron chi connectivity index (χ0n) is 13.5. The molecule has 1 aromatic heterocycles. The van der Waals surface area contributed by atoms with E-state index in [1.807, 2.05) is 0 Å². The zero-order chi connectivity index (χ0) is 19.6. The van der Waals surface area contributed by atoms with E-state index in [2.05, 4.69) is 10.4 Å². The number of halogens is 3. The quantitative estimate of drug-likeness (QED) is 0.549. The first-order chi connectivity index (χ1) is 12.7. The minimum Gasteiger partial charge on any atom is -0.305 e. The molecule has 0 spiro atoms. The SMILES string of the molecule is O=C(Nc1ccn(-c2cccc(C(F)(F)F)c2)n1)c1ccc([N+](=O)[O-])cc1. The van der Waals surface area contributed by atoms with E-state index < -0.39 is 22.6 Å². The number of anilines is 1. The fourth-order valence-electron chi connectivity index (χ4n) is 2.28. The number of amides is 1. The van der Waals surface area contributed by atoms with E-state index in [4.69, 9.17) is 0 Å². The molecule has 0 aliphatic heterocycles. The maximum Gasteiger partial charge on any atom is 0.416 e. The number of nitro benzene ring substituents is 1. The largest absolute Gasteiger partial charge is 0.416 e. The van der Waals surface area contributed by atoms with Crippen LogP contribution in [-0.2, 0) is 6.18 Å². The molecule has 0 atom stereocenters. The van der Waals surface area contributed by atoms with Gasteiger partial charge in [0.2, 0.25) is 0 Å². The number of nitro groups is 1. The second-order valence-corrected chi connectivity index (χ2v) is 5.45. The minimum atomic E-state index is -4.48. The Bertz CT molecular complexity index is 997. The Kier molecular flexibility index (Phi) is 4.63. The van der Waals surface area contributed by atoms with Gasteiger partial charge in [0.25, 0.3) is 11.6 Å². The number of nitrogens with zero attached hydrogens (tertiary/aromatic N) is 3. The van der Waals surface area contributed by atoms with Gasteiger partial charge in [0, 0.05) is 30.0 Å². The Morgan fingerprint density at radius 3 is 2.44 bits per heavy atom. The molecule has 0 saturated carbocycles. The standard InChI is InChI=1S/C17H11F3N4O3/c18-17(19,20)12-2-1-3-14(10-12)23-9-8-15(22-23)21-16(25)11-4-6-13(7-5-11)24(26)27/h1-10H,(H,21,22,25). The van der Waals surface area contributed by atoms with Crippen LogP contribution in [0.1, 0.15) is 15.9 Å². The van der Waals surface area contributed by atoms with Gasteiger partial charge in [-0.15, -0.1) is 0 Å². The van der Waals surface area contributed by atoms with E-state index in [0.29, 0.717) is 0 Å². The van der Waals surface area contributed by atoms with Crippen molar-refractivity contribution in [3.05, 3.63) is 82.0 Å². The number of alkyl halides is 3. The maximum absolute atomic E-state index is 12.8. The number of hydrogen-bond donors (Lipinski definition) is 1. The fourth-order valence-corrected chi connectivity index (χ4v) is 2.28. The molecule has 3 aromatic rings. The molecule has 7 nitrogen and oxygen atoms in total. The summed E-state index contributed by atoms with van der Waals surface area (Å²) < 4.78 is 39.6. The molecule has 0 fully saturated rings. The molecule has 1 N–H and O–H groups in total. The molecular weight excluding hydrogens is 365 g/mol. The van der Waals surface area contributed by atoms with Crippen LogP contribution in [0.4, 0.5) is 24.7 Å². The summed E-state index contributed by atoms with van der Waals surface area (Å²) >= 11 is 0. The third-order valence-electron chi connectivity index (χ3n) is 3.61. The van der Waals surface area contributed by atoms with Gasteiger partial charge in [-0.05, 0) is 30.3 Å². The average molecular weight is 376 g/mol. The summed E-state index contributed by atoms with van der Waals surface area (Å²) in [6, 6.07) is 11.0. The van der Waals surface area contributed by atoms with Crippen molar-refractivity contribution in [3.63, 3.8) is 0 Å². The Hall–Kier alpha value is -3.69. The van der Waals surface area contributed by atoms with Crippen LogP contribution in [0.5, 0.6) is 0 Å². The first-order valence-corrected chi connectivity index (χ1v) is 7.53. The van der Waals surface area contributed by atoms with Crippen molar-refractivity contribution < 1.29 is 22.9 Å². The van der Waals surface area contributed by atoms with Crippen LogP contribution in [0.15, 0.2) is 60.8 Å². The summed E-state index contributed by atoms with van der Waals surface area (Å²) in [5, 5.41) is 17.1. The smallest absolute Gasteiger partial charge is 0.305 e. The number of nitrogens with one attached hydrogen (secondary N) is 1. The Balaban J connectivity index is 1.76. The molecule has 0 aliphatic carbocycles. The second-order valence-electron chi connectivity index (χ2n) is 5.45. The van der Waals surface area contributed by atoms with Gasteiger partial charge in [-0.2, -0.15) is 18.3 Å². The summed E-state index contributed by atoms with van der Waals surface area (Å²) in [7, 11) is 0. The molecule has 10 heteroatoms. The zero-order valence-corrected chi connectivity index (χ0v) is 13.5. The summed E-state index contributed by atoms with van der Waals surface area (Å²) in [4.78, 5) is 22.2. The highest BCUT2D eigenvalue weighted by Crippen LogP contribution is 2.30. The van der Waals surface area contributed by atoms with E-state index >= 15 is 0 Å². The van der Waals surface area contributed by atoms with Gasteiger partial charge < -0.3 is 5.32 Å². The minimum absolute atomic E-state index is 0.121. The number of hydrogen-bond acceptors (Lipinski definition) is 4. The Morgan fingerprint density at radius 1 is 1.11 bits per heavy atom. The molecular formula is C17H11F3N4O3. The van der Waals surface area contributed by atoms with Gasteiger partial charge in [0.05, 0.1) is 16.2 Å². The molecule has 3 rings (SSSR count). The highest BCUT2D eigenvalue weighted by Gasteiger charge is 2.30. The van der Waals surface area contributed by atoms with Crippen molar-refractivity contribution in [2.24, 2.45) is 0 Å². The number of rotatable bonds is 4. The predicted octanol–water partition coefficient (Wildman–Crippen LogP) is 4.05. The lowest BCUT2D eigenvalue weighted by Crippen LogP contribution is -2.12. The van der Waals surface area contributed by atoms with E-state index in [9.17, 15) is 28.1 Å². The van der Waals surface area contributed by atoms with Gasteiger partial charge >= 0.3 is 6.18 Å². The van der Waals surface area contributed by atoms with Gasteiger partial charge in [0.15, 0.2) is 5.82 Å². The van der Waals surface area contributed by atoms with Gasteiger partial charge in [0.1, 0.15) is 0 Å². The van der Waals surface area contributed by atoms with Crippen LogP contribution >= 0.6 is 0 Å². The van der Waals surface area contributed by atoms with Crippen molar-refractivity contribution in [2.75, 3.05) is 5.32 Å². The van der Waals surface area contributed by atoms with Gasteiger partial charge in [-0.25, -0.2) is 4.68 Å². The fraction of sp³-hybridized carbons (Fsp3) is 0.0588. The summed E-state index contributed by atoms with van der Waals surface area (Å²) in [6.45, 7) is 0. The summed E-state index contributed by atoms with van der Waals surface area (Å²) in [5.74, 6) is -0.435. The van der Waals surface area contributed by atoms with Crippen LogP contribution in [-0.4, -0.2) is 20.6 Å². The molecule has 1 amide bonds. The number of carbonyl (C=O) groups excluding carboxylic acids is 1. The maximum atomic E-state index is 12.8. The van der Waals surface area contributed by atoms with Crippen molar-refractivity contribution in [2.45, 2.75) is 6.18 Å². The lowest BCUT2D eigenvalue weighted by atomic mass is 10.2. The molecule has 0 bridgehead atoms. The van der Waals surface area contributed by atoms with Crippen molar-refractivity contribution in [1.29, 1.82) is 0 Å². The van der Waals surface area contributed by atoms with Crippen molar-refractivity contribution in [3.8, 4) is 5.69 Å². The molecule has 2 aromatic carbocycles. The molecule has 138 valence electrons. The molecule has 0 saturated heterocycles. The van der Waals surface area contributed by atoms with E-state index in [1.165, 1.54) is 53.3 Å². The first kappa shape index (κ1) is 18.1. The van der Waals surface area contributed by atoms with Crippen LogP contribution < -0.4 is 5.32 Å². The van der Waals surface area contributed by atoms with E-state index in [0.717, 1.165) is 12.1 Å². The van der Waals surface area contributed by atoms with Crippen LogP contribution in [0.2, 0.25) is 0 Å². The average Bonchev–Trinajstić information content (AvgIpc) is 3.09. The van der Waals surface area contributed by atoms with E-state index in [-0.39, 0.29) is 22.8 Å². The van der Waals surface area contributed by atoms with Gasteiger partial charge in [-0.3, -0.25) is 14.9 Å². The topological polar surface area (TPSA) is 90.1 Å². The third-order valence-corrected chi connectivity index (χ3v) is 3.61. The molecule has 1 heterocycles. The number of carbonyl (C=O) groups is 1. The molecule has 0 aliphatic rings. The van der Waals surface area contributed by atoms with Crippen LogP contribution in [0, 0.1) is 10.1 Å². The third kappa shape index (κ3) is 4.11. The Labute approximate surface area is 150 Å². The summed E-state index contributed by atoms with van der Waals surface area (Å²) in [5.41, 5.74) is -0.609. The van der Waals surface area contributed by atoms with Crippen molar-refractivity contribution >= 4 is 17.4 Å². The van der Waals surface area contributed by atoms with Gasteiger partial charge in [-0.1, -0.05) is 6.07 Å². The highest BCUT2D eigenvalue weighted by atomic mass is 19.4. The first-order valence-electron chi connectivity index (χ1n) is 7.53. The number of benzene rings is 2. The summed E-state index contributed by atoms with van der Waals surface area (Å²) in [6.07, 6.45) is -3.07. The van der Waals surface area contributed by atoms with Crippen LogP contribution in [0.25, 0.3) is 5.69 Å². The van der Waals surface area contributed by atoms with Crippen molar-refractivity contribution in [1.82, 2.24) is 9.78 Å². The molecule has 27 heavy (non-hydrogen) atoms. The monoisotopic (exact) mass is 376 g/mol. The molecule has 0 unspecified atom stereocenters. The molecule has 0 radical (unpaired) electrons. The lowest BCUT2D eigenvalue weighted by Gasteiger charge is -2.08. The predicted molar refractivity (Wildman–Crippen MR) is 89.6 cm³/mol. The van der Waals surface area contributed by atoms with Crippen LogP contribution in [0.3, 0.4) is 0 Å². The van der Waals surface area contributed by atoms with E-state index in [1.54, 1.807) is 0 Å².